The molecule has 0 aromatic heterocycles. The monoisotopic (exact) mass is 340 g/mol. The number of rotatable bonds is 4. The van der Waals surface area contributed by atoms with E-state index in [2.05, 4.69) is 4.72 Å². The first-order valence-electron chi connectivity index (χ1n) is 5.76. The number of hydrogen-bond acceptors (Lipinski definition) is 4. The predicted molar refractivity (Wildman–Crippen MR) is 81.5 cm³/mol. The smallest absolute Gasteiger partial charge is 0.244 e. The number of halogens is 2. The van der Waals surface area contributed by atoms with Crippen LogP contribution in [0.3, 0.4) is 0 Å². The van der Waals surface area contributed by atoms with Crippen molar-refractivity contribution in [1.29, 1.82) is 0 Å². The zero-order valence-corrected chi connectivity index (χ0v) is 13.2. The molecule has 1 aliphatic heterocycles. The van der Waals surface area contributed by atoms with Gasteiger partial charge in [-0.05, 0) is 30.7 Å². The minimum Gasteiger partial charge on any atom is -0.398 e. The van der Waals surface area contributed by atoms with Crippen molar-refractivity contribution in [2.24, 2.45) is 0 Å². The highest BCUT2D eigenvalue weighted by molar-refractivity contribution is 8.00. The van der Waals surface area contributed by atoms with Gasteiger partial charge in [0.1, 0.15) is 4.90 Å². The number of nitrogens with two attached hydrogens (primary N) is 1. The lowest BCUT2D eigenvalue weighted by molar-refractivity contribution is 0.579. The fraction of sp³-hybridized carbons (Fsp3) is 0.455. The minimum absolute atomic E-state index is 0.0385. The van der Waals surface area contributed by atoms with Crippen molar-refractivity contribution in [3.8, 4) is 0 Å². The van der Waals surface area contributed by atoms with Gasteiger partial charge in [0.2, 0.25) is 10.0 Å². The summed E-state index contributed by atoms with van der Waals surface area (Å²) in [4.78, 5) is -0.0958. The molecule has 4 nitrogen and oxygen atoms in total. The van der Waals surface area contributed by atoms with Crippen LogP contribution in [0, 0.1) is 0 Å². The van der Waals surface area contributed by atoms with E-state index in [4.69, 9.17) is 28.9 Å². The molecule has 8 heteroatoms. The third-order valence-corrected chi connectivity index (χ3v) is 6.40. The van der Waals surface area contributed by atoms with Crippen molar-refractivity contribution in [2.75, 3.05) is 18.0 Å². The molecule has 1 aromatic carbocycles. The Morgan fingerprint density at radius 2 is 2.16 bits per heavy atom. The molecule has 2 rings (SSSR count). The summed E-state index contributed by atoms with van der Waals surface area (Å²) in [6, 6.07) is 2.75. The SMILES string of the molecule is Nc1cc(Cl)cc(Cl)c1S(=O)(=O)NCC1CCCS1. The number of sulfonamides is 1. The van der Waals surface area contributed by atoms with Gasteiger partial charge in [0.25, 0.3) is 0 Å². The van der Waals surface area contributed by atoms with Crippen LogP contribution in [-0.4, -0.2) is 26.0 Å². The number of nitrogen functional groups attached to an aromatic ring is 1. The Bertz CT molecular complexity index is 549. The van der Waals surface area contributed by atoms with Gasteiger partial charge in [0.15, 0.2) is 0 Å². The molecular formula is C11H14Cl2N2O2S2. The summed E-state index contributed by atoms with van der Waals surface area (Å²) in [6.45, 7) is 0.394. The Morgan fingerprint density at radius 1 is 1.42 bits per heavy atom. The first kappa shape index (κ1) is 15.3. The number of nitrogens with one attached hydrogen (secondary N) is 1. The van der Waals surface area contributed by atoms with Crippen molar-refractivity contribution >= 4 is 50.7 Å². The summed E-state index contributed by atoms with van der Waals surface area (Å²) < 4.78 is 27.0. The maximum absolute atomic E-state index is 12.2. The van der Waals surface area contributed by atoms with E-state index in [1.165, 1.54) is 12.1 Å². The van der Waals surface area contributed by atoms with E-state index in [1.54, 1.807) is 11.8 Å². The molecule has 1 fully saturated rings. The molecule has 3 N–H and O–H groups in total. The highest BCUT2D eigenvalue weighted by Gasteiger charge is 2.24. The molecule has 0 amide bonds. The topological polar surface area (TPSA) is 72.2 Å². The highest BCUT2D eigenvalue weighted by Crippen LogP contribution is 2.31. The van der Waals surface area contributed by atoms with Crippen LogP contribution in [0.1, 0.15) is 12.8 Å². The molecule has 0 bridgehead atoms. The van der Waals surface area contributed by atoms with E-state index >= 15 is 0 Å². The molecule has 1 unspecified atom stereocenters. The average molecular weight is 341 g/mol. The van der Waals surface area contributed by atoms with E-state index in [1.807, 2.05) is 0 Å². The third kappa shape index (κ3) is 3.70. The van der Waals surface area contributed by atoms with E-state index in [0.29, 0.717) is 16.8 Å². The number of hydrogen-bond donors (Lipinski definition) is 2. The summed E-state index contributed by atoms with van der Waals surface area (Å²) in [7, 11) is -3.70. The maximum atomic E-state index is 12.2. The van der Waals surface area contributed by atoms with Gasteiger partial charge in [0, 0.05) is 16.8 Å². The van der Waals surface area contributed by atoms with Gasteiger partial charge >= 0.3 is 0 Å². The van der Waals surface area contributed by atoms with E-state index < -0.39 is 10.0 Å². The van der Waals surface area contributed by atoms with Gasteiger partial charge < -0.3 is 5.73 Å². The summed E-state index contributed by atoms with van der Waals surface area (Å²) in [5.41, 5.74) is 5.76. The molecular weight excluding hydrogens is 327 g/mol. The number of benzene rings is 1. The molecule has 106 valence electrons. The Labute approximate surface area is 127 Å². The first-order valence-corrected chi connectivity index (χ1v) is 9.05. The molecule has 0 radical (unpaired) electrons. The fourth-order valence-corrected chi connectivity index (χ4v) is 5.31. The third-order valence-electron chi connectivity index (χ3n) is 2.83. The van der Waals surface area contributed by atoms with Crippen molar-refractivity contribution in [3.63, 3.8) is 0 Å². The fourth-order valence-electron chi connectivity index (χ4n) is 1.94. The summed E-state index contributed by atoms with van der Waals surface area (Å²) in [5, 5.41) is 0.673. The number of anilines is 1. The van der Waals surface area contributed by atoms with Crippen LogP contribution in [0.25, 0.3) is 0 Å². The van der Waals surface area contributed by atoms with Gasteiger partial charge in [-0.15, -0.1) is 0 Å². The zero-order valence-electron chi connectivity index (χ0n) is 10.0. The van der Waals surface area contributed by atoms with E-state index in [0.717, 1.165) is 18.6 Å². The highest BCUT2D eigenvalue weighted by atomic mass is 35.5. The molecule has 1 aromatic rings. The Balaban J connectivity index is 2.19. The molecule has 1 aliphatic rings. The summed E-state index contributed by atoms with van der Waals surface area (Å²) >= 11 is 13.5. The quantitative estimate of drug-likeness (QED) is 0.826. The molecule has 0 spiro atoms. The van der Waals surface area contributed by atoms with Crippen molar-refractivity contribution in [1.82, 2.24) is 4.72 Å². The van der Waals surface area contributed by atoms with Crippen LogP contribution in [-0.2, 0) is 10.0 Å². The van der Waals surface area contributed by atoms with Crippen molar-refractivity contribution < 1.29 is 8.42 Å². The number of thioether (sulfide) groups is 1. The minimum atomic E-state index is -3.70. The van der Waals surface area contributed by atoms with Gasteiger partial charge in [-0.1, -0.05) is 23.2 Å². The van der Waals surface area contributed by atoms with Crippen LogP contribution >= 0.6 is 35.0 Å². The van der Waals surface area contributed by atoms with E-state index in [-0.39, 0.29) is 15.6 Å². The lowest BCUT2D eigenvalue weighted by Crippen LogP contribution is -2.30. The van der Waals surface area contributed by atoms with Gasteiger partial charge in [0.05, 0.1) is 10.7 Å². The summed E-state index contributed by atoms with van der Waals surface area (Å²) in [6.07, 6.45) is 2.15. The van der Waals surface area contributed by atoms with Crippen LogP contribution < -0.4 is 10.5 Å². The lowest BCUT2D eigenvalue weighted by atomic mass is 10.2. The maximum Gasteiger partial charge on any atom is 0.244 e. The van der Waals surface area contributed by atoms with Crippen molar-refractivity contribution in [3.05, 3.63) is 22.2 Å². The second kappa shape index (κ2) is 6.10. The van der Waals surface area contributed by atoms with Crippen LogP contribution in [0.15, 0.2) is 17.0 Å². The standard InChI is InChI=1S/C11H14Cl2N2O2S2/c12-7-4-9(13)11(10(14)5-7)19(16,17)15-6-8-2-1-3-18-8/h4-5,8,15H,1-3,6,14H2. The average Bonchev–Trinajstić information content (AvgIpc) is 2.77. The lowest BCUT2D eigenvalue weighted by Gasteiger charge is -2.13. The Hall–Kier alpha value is -0.140. The Kier molecular flexibility index (Phi) is 4.89. The molecule has 1 atom stereocenters. The second-order valence-electron chi connectivity index (χ2n) is 4.29. The van der Waals surface area contributed by atoms with Crippen molar-refractivity contribution in [2.45, 2.75) is 23.0 Å². The largest absolute Gasteiger partial charge is 0.398 e. The van der Waals surface area contributed by atoms with Gasteiger partial charge in [-0.3, -0.25) is 0 Å². The molecule has 0 aliphatic carbocycles. The first-order chi connectivity index (χ1) is 8.90. The van der Waals surface area contributed by atoms with Gasteiger partial charge in [-0.2, -0.15) is 11.8 Å². The van der Waals surface area contributed by atoms with Crippen LogP contribution in [0.4, 0.5) is 5.69 Å². The normalized spacial score (nSPS) is 19.8. The van der Waals surface area contributed by atoms with E-state index in [9.17, 15) is 8.42 Å². The second-order valence-corrected chi connectivity index (χ2v) is 8.25. The van der Waals surface area contributed by atoms with Gasteiger partial charge in [-0.25, -0.2) is 13.1 Å². The summed E-state index contributed by atoms with van der Waals surface area (Å²) in [5.74, 6) is 1.08. The molecule has 19 heavy (non-hydrogen) atoms. The van der Waals surface area contributed by atoms with Crippen LogP contribution in [0.5, 0.6) is 0 Å². The molecule has 0 saturated carbocycles. The molecule has 1 heterocycles. The van der Waals surface area contributed by atoms with Crippen LogP contribution in [0.2, 0.25) is 10.0 Å². The zero-order chi connectivity index (χ0) is 14.0. The molecule has 1 saturated heterocycles. The Morgan fingerprint density at radius 3 is 2.74 bits per heavy atom. The predicted octanol–water partition coefficient (Wildman–Crippen LogP) is 2.75.